The third-order valence-electron chi connectivity index (χ3n) is 2.13. The molecule has 0 aliphatic rings. The highest BCUT2D eigenvalue weighted by molar-refractivity contribution is 7.89. The number of methoxy groups -OCH3 is 1. The second-order valence-corrected chi connectivity index (χ2v) is 5.37. The summed E-state index contributed by atoms with van der Waals surface area (Å²) in [6.45, 7) is 0.720. The zero-order valence-electron chi connectivity index (χ0n) is 9.35. The maximum absolute atomic E-state index is 11.5. The Balaban J connectivity index is 2.36. The van der Waals surface area contributed by atoms with Crippen LogP contribution in [0.25, 0.3) is 0 Å². The van der Waals surface area contributed by atoms with Crippen molar-refractivity contribution < 1.29 is 13.2 Å². The molecule has 90 valence electrons. The molecule has 0 bridgehead atoms. The van der Waals surface area contributed by atoms with E-state index in [2.05, 4.69) is 4.72 Å². The summed E-state index contributed by atoms with van der Waals surface area (Å²) in [5.41, 5.74) is 1.03. The van der Waals surface area contributed by atoms with E-state index in [9.17, 15) is 8.42 Å². The van der Waals surface area contributed by atoms with Gasteiger partial charge in [-0.15, -0.1) is 0 Å². The molecule has 1 aromatic carbocycles. The highest BCUT2D eigenvalue weighted by Crippen LogP contribution is 2.01. The number of aryl methyl sites for hydroxylation is 1. The molecular weight excluding hydrogens is 226 g/mol. The fourth-order valence-electron chi connectivity index (χ4n) is 1.27. The third-order valence-corrected chi connectivity index (χ3v) is 3.52. The molecule has 5 heteroatoms. The summed E-state index contributed by atoms with van der Waals surface area (Å²) in [5.74, 6) is 0.112. The van der Waals surface area contributed by atoms with Gasteiger partial charge in [0.25, 0.3) is 0 Å². The Morgan fingerprint density at radius 1 is 1.25 bits per heavy atom. The van der Waals surface area contributed by atoms with Gasteiger partial charge in [-0.25, -0.2) is 13.1 Å². The van der Waals surface area contributed by atoms with E-state index in [-0.39, 0.29) is 5.75 Å². The normalized spacial score (nSPS) is 11.6. The molecule has 4 nitrogen and oxygen atoms in total. The Morgan fingerprint density at radius 2 is 1.94 bits per heavy atom. The summed E-state index contributed by atoms with van der Waals surface area (Å²) in [6.07, 6.45) is 0.531. The first-order valence-corrected chi connectivity index (χ1v) is 6.79. The highest BCUT2D eigenvalue weighted by Gasteiger charge is 2.08. The van der Waals surface area contributed by atoms with E-state index in [1.165, 1.54) is 7.11 Å². The van der Waals surface area contributed by atoms with Crippen molar-refractivity contribution in [3.8, 4) is 0 Å². The van der Waals surface area contributed by atoms with Crippen LogP contribution in [0, 0.1) is 0 Å². The van der Waals surface area contributed by atoms with Crippen LogP contribution in [0.3, 0.4) is 0 Å². The van der Waals surface area contributed by atoms with Gasteiger partial charge in [0.05, 0.1) is 12.4 Å². The first kappa shape index (κ1) is 13.2. The smallest absolute Gasteiger partial charge is 0.211 e. The Morgan fingerprint density at radius 3 is 2.56 bits per heavy atom. The molecule has 0 unspecified atom stereocenters. The average Bonchev–Trinajstić information content (AvgIpc) is 2.28. The van der Waals surface area contributed by atoms with Gasteiger partial charge in [0.2, 0.25) is 10.0 Å². The van der Waals surface area contributed by atoms with E-state index in [4.69, 9.17) is 4.74 Å². The molecule has 1 aromatic rings. The second kappa shape index (κ2) is 6.62. The second-order valence-electron chi connectivity index (χ2n) is 3.44. The van der Waals surface area contributed by atoms with Crippen LogP contribution in [0.4, 0.5) is 0 Å². The first-order valence-electron chi connectivity index (χ1n) is 5.14. The molecule has 0 spiro atoms. The van der Waals surface area contributed by atoms with Crippen molar-refractivity contribution in [1.29, 1.82) is 0 Å². The maximum Gasteiger partial charge on any atom is 0.211 e. The number of nitrogens with one attached hydrogen (secondary N) is 1. The lowest BCUT2D eigenvalue weighted by molar-refractivity contribution is 0.204. The number of ether oxygens (including phenoxy) is 1. The summed E-state index contributed by atoms with van der Waals surface area (Å²) in [6, 6.07) is 9.56. The van der Waals surface area contributed by atoms with Gasteiger partial charge in [-0.05, 0) is 12.0 Å². The maximum atomic E-state index is 11.5. The van der Waals surface area contributed by atoms with Gasteiger partial charge in [0.1, 0.15) is 0 Å². The predicted molar refractivity (Wildman–Crippen MR) is 63.8 cm³/mol. The molecule has 0 atom stereocenters. The van der Waals surface area contributed by atoms with E-state index >= 15 is 0 Å². The van der Waals surface area contributed by atoms with Gasteiger partial charge >= 0.3 is 0 Å². The van der Waals surface area contributed by atoms with Crippen LogP contribution < -0.4 is 4.72 Å². The van der Waals surface area contributed by atoms with Gasteiger partial charge in [-0.3, -0.25) is 0 Å². The minimum atomic E-state index is -3.18. The zero-order valence-corrected chi connectivity index (χ0v) is 10.2. The Bertz CT molecular complexity index is 389. The standard InChI is InChI=1S/C11H17NO3S/c1-15-9-8-12-16(13,14)10-7-11-5-3-2-4-6-11/h2-6,12H,7-10H2,1H3. The number of sulfonamides is 1. The monoisotopic (exact) mass is 243 g/mol. The van der Waals surface area contributed by atoms with E-state index < -0.39 is 10.0 Å². The van der Waals surface area contributed by atoms with Gasteiger partial charge < -0.3 is 4.74 Å². The van der Waals surface area contributed by atoms with Crippen LogP contribution in [0.5, 0.6) is 0 Å². The lowest BCUT2D eigenvalue weighted by Gasteiger charge is -2.05. The Hall–Kier alpha value is -0.910. The number of rotatable bonds is 7. The van der Waals surface area contributed by atoms with Crippen molar-refractivity contribution in [3.63, 3.8) is 0 Å². The fraction of sp³-hybridized carbons (Fsp3) is 0.455. The highest BCUT2D eigenvalue weighted by atomic mass is 32.2. The van der Waals surface area contributed by atoms with Crippen molar-refractivity contribution in [2.45, 2.75) is 6.42 Å². The van der Waals surface area contributed by atoms with Crippen LogP contribution in [0.15, 0.2) is 30.3 Å². The lowest BCUT2D eigenvalue weighted by Crippen LogP contribution is -2.30. The van der Waals surface area contributed by atoms with E-state index in [0.29, 0.717) is 19.6 Å². The summed E-state index contributed by atoms with van der Waals surface area (Å²) >= 11 is 0. The van der Waals surface area contributed by atoms with Crippen LogP contribution in [-0.2, 0) is 21.2 Å². The van der Waals surface area contributed by atoms with E-state index in [1.807, 2.05) is 30.3 Å². The molecular formula is C11H17NO3S. The Labute approximate surface area is 96.7 Å². The van der Waals surface area contributed by atoms with E-state index in [1.54, 1.807) is 0 Å². The summed E-state index contributed by atoms with van der Waals surface area (Å²) in [5, 5.41) is 0. The largest absolute Gasteiger partial charge is 0.383 e. The van der Waals surface area contributed by atoms with Gasteiger partial charge in [-0.1, -0.05) is 30.3 Å². The van der Waals surface area contributed by atoms with Crippen molar-refractivity contribution in [3.05, 3.63) is 35.9 Å². The number of hydrogen-bond donors (Lipinski definition) is 1. The molecule has 0 saturated heterocycles. The summed E-state index contributed by atoms with van der Waals surface area (Å²) in [7, 11) is -1.64. The minimum absolute atomic E-state index is 0.112. The molecule has 0 fully saturated rings. The number of hydrogen-bond acceptors (Lipinski definition) is 3. The van der Waals surface area contributed by atoms with Gasteiger partial charge in [0, 0.05) is 13.7 Å². The summed E-state index contributed by atoms with van der Waals surface area (Å²) < 4.78 is 30.3. The van der Waals surface area contributed by atoms with Crippen LogP contribution in [-0.4, -0.2) is 34.4 Å². The van der Waals surface area contributed by atoms with Gasteiger partial charge in [-0.2, -0.15) is 0 Å². The average molecular weight is 243 g/mol. The van der Waals surface area contributed by atoms with Crippen LogP contribution >= 0.6 is 0 Å². The van der Waals surface area contributed by atoms with Crippen molar-refractivity contribution in [2.75, 3.05) is 26.0 Å². The van der Waals surface area contributed by atoms with E-state index in [0.717, 1.165) is 5.56 Å². The molecule has 0 amide bonds. The van der Waals surface area contributed by atoms with Crippen LogP contribution in [0.2, 0.25) is 0 Å². The summed E-state index contributed by atoms with van der Waals surface area (Å²) in [4.78, 5) is 0. The number of benzene rings is 1. The minimum Gasteiger partial charge on any atom is -0.383 e. The lowest BCUT2D eigenvalue weighted by atomic mass is 10.2. The topological polar surface area (TPSA) is 55.4 Å². The molecule has 0 radical (unpaired) electrons. The SMILES string of the molecule is COCCNS(=O)(=O)CCc1ccccc1. The molecule has 0 saturated carbocycles. The zero-order chi connectivity index (χ0) is 11.9. The molecule has 1 rings (SSSR count). The molecule has 16 heavy (non-hydrogen) atoms. The predicted octanol–water partition coefficient (Wildman–Crippen LogP) is 0.795. The molecule has 0 aliphatic carbocycles. The van der Waals surface area contributed by atoms with Crippen LogP contribution in [0.1, 0.15) is 5.56 Å². The first-order chi connectivity index (χ1) is 7.64. The third kappa shape index (κ3) is 5.25. The molecule has 1 N–H and O–H groups in total. The van der Waals surface area contributed by atoms with Crippen molar-refractivity contribution >= 4 is 10.0 Å². The van der Waals surface area contributed by atoms with Crippen molar-refractivity contribution in [2.24, 2.45) is 0 Å². The van der Waals surface area contributed by atoms with Crippen molar-refractivity contribution in [1.82, 2.24) is 4.72 Å². The fourth-order valence-corrected chi connectivity index (χ4v) is 2.31. The molecule has 0 heterocycles. The molecule has 0 aromatic heterocycles. The van der Waals surface area contributed by atoms with Gasteiger partial charge in [0.15, 0.2) is 0 Å². The Kier molecular flexibility index (Phi) is 5.45. The quantitative estimate of drug-likeness (QED) is 0.721. The molecule has 0 aliphatic heterocycles.